The normalized spacial score (nSPS) is 11.9. The van der Waals surface area contributed by atoms with Gasteiger partial charge in [-0.15, -0.1) is 0 Å². The molecule has 1 heterocycles. The maximum atomic E-state index is 11.1. The molecule has 0 aliphatic carbocycles. The van der Waals surface area contributed by atoms with Gasteiger partial charge in [-0.1, -0.05) is 24.3 Å². The van der Waals surface area contributed by atoms with Crippen molar-refractivity contribution >= 4 is 11.9 Å². The standard InChI is InChI=1S/C15H17N3O3/c1-10(19)17-13(15(20)21)9-11-3-5-12(6-4-11)14-7-8-16-18(14)2/h3-8,13H,9H2,1-2H3,(H,17,19)(H,20,21)/t13-/m0/s1. The number of nitrogens with one attached hydrogen (secondary N) is 1. The Bertz CT molecular complexity index is 646. The highest BCUT2D eigenvalue weighted by molar-refractivity contribution is 5.82. The summed E-state index contributed by atoms with van der Waals surface area (Å²) in [7, 11) is 1.86. The van der Waals surface area contributed by atoms with Gasteiger partial charge in [-0.3, -0.25) is 9.48 Å². The minimum Gasteiger partial charge on any atom is -0.480 e. The maximum absolute atomic E-state index is 11.1. The molecular formula is C15H17N3O3. The van der Waals surface area contributed by atoms with Crippen molar-refractivity contribution in [3.63, 3.8) is 0 Å². The molecule has 0 spiro atoms. The molecule has 1 atom stereocenters. The Morgan fingerprint density at radius 1 is 1.29 bits per heavy atom. The van der Waals surface area contributed by atoms with E-state index in [9.17, 15) is 9.59 Å². The molecule has 1 amide bonds. The third-order valence-corrected chi connectivity index (χ3v) is 3.19. The van der Waals surface area contributed by atoms with Crippen LogP contribution in [0.3, 0.4) is 0 Å². The second-order valence-corrected chi connectivity index (χ2v) is 4.83. The number of rotatable bonds is 5. The Morgan fingerprint density at radius 3 is 2.43 bits per heavy atom. The fraction of sp³-hybridized carbons (Fsp3) is 0.267. The quantitative estimate of drug-likeness (QED) is 0.866. The van der Waals surface area contributed by atoms with Crippen molar-refractivity contribution in [2.24, 2.45) is 7.05 Å². The highest BCUT2D eigenvalue weighted by atomic mass is 16.4. The van der Waals surface area contributed by atoms with Crippen LogP contribution in [0.1, 0.15) is 12.5 Å². The summed E-state index contributed by atoms with van der Waals surface area (Å²) in [6, 6.07) is 8.55. The third kappa shape index (κ3) is 3.68. The summed E-state index contributed by atoms with van der Waals surface area (Å²) in [6.45, 7) is 1.31. The summed E-state index contributed by atoms with van der Waals surface area (Å²) in [5.74, 6) is -1.39. The van der Waals surface area contributed by atoms with Crippen LogP contribution in [0.25, 0.3) is 11.3 Å². The summed E-state index contributed by atoms with van der Waals surface area (Å²) in [5.41, 5.74) is 2.84. The highest BCUT2D eigenvalue weighted by Gasteiger charge is 2.18. The predicted molar refractivity (Wildman–Crippen MR) is 77.6 cm³/mol. The van der Waals surface area contributed by atoms with E-state index in [1.54, 1.807) is 10.9 Å². The number of carboxylic acid groups (broad SMARTS) is 1. The first kappa shape index (κ1) is 14.8. The number of carbonyl (C=O) groups is 2. The van der Waals surface area contributed by atoms with Crippen LogP contribution in [0.4, 0.5) is 0 Å². The van der Waals surface area contributed by atoms with Crippen LogP contribution in [0, 0.1) is 0 Å². The van der Waals surface area contributed by atoms with Crippen molar-refractivity contribution in [2.45, 2.75) is 19.4 Å². The number of aliphatic carboxylic acids is 1. The van der Waals surface area contributed by atoms with Crippen molar-refractivity contribution in [1.82, 2.24) is 15.1 Å². The van der Waals surface area contributed by atoms with E-state index in [2.05, 4.69) is 10.4 Å². The molecule has 1 aromatic heterocycles. The van der Waals surface area contributed by atoms with Gasteiger partial charge in [0.25, 0.3) is 0 Å². The molecule has 21 heavy (non-hydrogen) atoms. The molecule has 0 aliphatic heterocycles. The van der Waals surface area contributed by atoms with E-state index in [1.807, 2.05) is 37.4 Å². The number of aromatic nitrogens is 2. The number of benzene rings is 1. The summed E-state index contributed by atoms with van der Waals surface area (Å²) in [5, 5.41) is 15.6. The summed E-state index contributed by atoms with van der Waals surface area (Å²) < 4.78 is 1.77. The van der Waals surface area contributed by atoms with Gasteiger partial charge in [-0.2, -0.15) is 5.10 Å². The molecule has 2 N–H and O–H groups in total. The molecule has 0 fully saturated rings. The van der Waals surface area contributed by atoms with Crippen molar-refractivity contribution in [3.8, 4) is 11.3 Å². The second-order valence-electron chi connectivity index (χ2n) is 4.83. The summed E-state index contributed by atoms with van der Waals surface area (Å²) in [4.78, 5) is 22.1. The molecule has 0 aliphatic rings. The Hall–Kier alpha value is -2.63. The second kappa shape index (κ2) is 6.21. The van der Waals surface area contributed by atoms with E-state index >= 15 is 0 Å². The largest absolute Gasteiger partial charge is 0.480 e. The van der Waals surface area contributed by atoms with Crippen molar-refractivity contribution < 1.29 is 14.7 Å². The zero-order valence-electron chi connectivity index (χ0n) is 11.9. The van der Waals surface area contributed by atoms with Crippen LogP contribution in [-0.2, 0) is 23.1 Å². The van der Waals surface area contributed by atoms with E-state index in [-0.39, 0.29) is 12.3 Å². The van der Waals surface area contributed by atoms with Crippen molar-refractivity contribution in [2.75, 3.05) is 0 Å². The SMILES string of the molecule is CC(=O)N[C@@H](Cc1ccc(-c2ccnn2C)cc1)C(=O)O. The number of hydrogen-bond donors (Lipinski definition) is 2. The molecule has 0 radical (unpaired) electrons. The Labute approximate surface area is 122 Å². The maximum Gasteiger partial charge on any atom is 0.326 e. The van der Waals surface area contributed by atoms with Gasteiger partial charge in [0.1, 0.15) is 6.04 Å². The van der Waals surface area contributed by atoms with Gasteiger partial charge in [0.15, 0.2) is 0 Å². The lowest BCUT2D eigenvalue weighted by atomic mass is 10.0. The van der Waals surface area contributed by atoms with Gasteiger partial charge >= 0.3 is 5.97 Å². The molecule has 0 saturated carbocycles. The Morgan fingerprint density at radius 2 is 1.95 bits per heavy atom. The van der Waals surface area contributed by atoms with Crippen LogP contribution in [0.15, 0.2) is 36.5 Å². The van der Waals surface area contributed by atoms with Gasteiger partial charge in [0, 0.05) is 26.6 Å². The van der Waals surface area contributed by atoms with E-state index in [4.69, 9.17) is 5.11 Å². The number of aryl methyl sites for hydroxylation is 1. The van der Waals surface area contributed by atoms with Crippen LogP contribution >= 0.6 is 0 Å². The first-order chi connectivity index (χ1) is 9.97. The number of amides is 1. The van der Waals surface area contributed by atoms with Gasteiger partial charge in [0.2, 0.25) is 5.91 Å². The lowest BCUT2D eigenvalue weighted by Gasteiger charge is -2.13. The molecule has 6 nitrogen and oxygen atoms in total. The number of nitrogens with zero attached hydrogens (tertiary/aromatic N) is 2. The summed E-state index contributed by atoms with van der Waals surface area (Å²) >= 11 is 0. The average molecular weight is 287 g/mol. The molecule has 0 saturated heterocycles. The molecule has 0 bridgehead atoms. The number of carboxylic acids is 1. The Kier molecular flexibility index (Phi) is 4.37. The summed E-state index contributed by atoms with van der Waals surface area (Å²) in [6.07, 6.45) is 1.97. The van der Waals surface area contributed by atoms with E-state index in [1.165, 1.54) is 6.92 Å². The van der Waals surface area contributed by atoms with Gasteiger partial charge in [-0.05, 0) is 17.2 Å². The molecule has 6 heteroatoms. The van der Waals surface area contributed by atoms with Crippen LogP contribution < -0.4 is 5.32 Å². The van der Waals surface area contributed by atoms with E-state index in [0.29, 0.717) is 0 Å². The first-order valence-electron chi connectivity index (χ1n) is 6.54. The molecule has 2 rings (SSSR count). The van der Waals surface area contributed by atoms with Crippen LogP contribution in [0.5, 0.6) is 0 Å². The Balaban J connectivity index is 2.13. The lowest BCUT2D eigenvalue weighted by Crippen LogP contribution is -2.41. The predicted octanol–water partition coefficient (Wildman–Crippen LogP) is 1.22. The molecule has 0 unspecified atom stereocenters. The smallest absolute Gasteiger partial charge is 0.326 e. The van der Waals surface area contributed by atoms with Gasteiger partial charge in [0.05, 0.1) is 5.69 Å². The third-order valence-electron chi connectivity index (χ3n) is 3.19. The fourth-order valence-electron chi connectivity index (χ4n) is 2.15. The first-order valence-corrected chi connectivity index (χ1v) is 6.54. The van der Waals surface area contributed by atoms with E-state index < -0.39 is 12.0 Å². The molecule has 1 aromatic carbocycles. The average Bonchev–Trinajstić information content (AvgIpc) is 2.84. The lowest BCUT2D eigenvalue weighted by molar-refractivity contribution is -0.141. The van der Waals surface area contributed by atoms with Crippen LogP contribution in [0.2, 0.25) is 0 Å². The fourth-order valence-corrected chi connectivity index (χ4v) is 2.15. The van der Waals surface area contributed by atoms with E-state index in [0.717, 1.165) is 16.8 Å². The number of hydrogen-bond acceptors (Lipinski definition) is 3. The molecule has 110 valence electrons. The van der Waals surface area contributed by atoms with Crippen molar-refractivity contribution in [3.05, 3.63) is 42.1 Å². The zero-order valence-corrected chi connectivity index (χ0v) is 11.9. The zero-order chi connectivity index (χ0) is 15.4. The minimum atomic E-state index is -1.04. The topological polar surface area (TPSA) is 84.2 Å². The van der Waals surface area contributed by atoms with Gasteiger partial charge < -0.3 is 10.4 Å². The minimum absolute atomic E-state index is 0.251. The monoisotopic (exact) mass is 287 g/mol. The van der Waals surface area contributed by atoms with Crippen LogP contribution in [-0.4, -0.2) is 32.8 Å². The highest BCUT2D eigenvalue weighted by Crippen LogP contribution is 2.19. The molecular weight excluding hydrogens is 270 g/mol. The molecule has 2 aromatic rings. The number of carbonyl (C=O) groups excluding carboxylic acids is 1. The van der Waals surface area contributed by atoms with Crippen molar-refractivity contribution in [1.29, 1.82) is 0 Å². The van der Waals surface area contributed by atoms with Gasteiger partial charge in [-0.25, -0.2) is 4.79 Å².